The maximum Gasteiger partial charge on any atom is 0.223 e. The van der Waals surface area contributed by atoms with Crippen molar-refractivity contribution in [2.75, 3.05) is 26.7 Å². The summed E-state index contributed by atoms with van der Waals surface area (Å²) >= 11 is 1.60. The Balaban J connectivity index is 1.86. The van der Waals surface area contributed by atoms with E-state index in [4.69, 9.17) is 0 Å². The number of likely N-dealkylation sites (N-methyl/N-ethyl adjacent to an activating group) is 1. The van der Waals surface area contributed by atoms with E-state index in [-0.39, 0.29) is 11.9 Å². The summed E-state index contributed by atoms with van der Waals surface area (Å²) in [5.74, 6) is 0.129. The van der Waals surface area contributed by atoms with Gasteiger partial charge in [0.25, 0.3) is 0 Å². The number of hydrogen-bond acceptors (Lipinski definition) is 5. The molecule has 1 amide bonds. The third kappa shape index (κ3) is 3.37. The highest BCUT2D eigenvalue weighted by Gasteiger charge is 2.35. The number of aromatic nitrogens is 1. The minimum atomic E-state index is -0.436. The molecule has 0 radical (unpaired) electrons. The summed E-state index contributed by atoms with van der Waals surface area (Å²) in [6.07, 6.45) is 0.808. The third-order valence-electron chi connectivity index (χ3n) is 4.09. The van der Waals surface area contributed by atoms with Crippen LogP contribution in [0.2, 0.25) is 0 Å². The van der Waals surface area contributed by atoms with E-state index < -0.39 is 6.10 Å². The van der Waals surface area contributed by atoms with Gasteiger partial charge in [0.1, 0.15) is 0 Å². The number of thiazole rings is 1. The molecule has 6 heteroatoms. The first kappa shape index (κ1) is 15.4. The molecular weight excluding hydrogens is 274 g/mol. The van der Waals surface area contributed by atoms with Crippen LogP contribution in [-0.4, -0.2) is 64.6 Å². The number of amides is 1. The molecule has 1 aromatic heterocycles. The first-order valence-electron chi connectivity index (χ1n) is 7.08. The number of aliphatic hydroxyl groups excluding tert-OH is 1. The minimum Gasteiger partial charge on any atom is -0.390 e. The molecule has 2 heterocycles. The smallest absolute Gasteiger partial charge is 0.223 e. The average molecular weight is 297 g/mol. The molecule has 1 saturated heterocycles. The second-order valence-electron chi connectivity index (χ2n) is 5.37. The fraction of sp³-hybridized carbons (Fsp3) is 0.714. The molecule has 2 rings (SSSR count). The summed E-state index contributed by atoms with van der Waals surface area (Å²) in [7, 11) is 1.99. The summed E-state index contributed by atoms with van der Waals surface area (Å²) in [4.78, 5) is 21.5. The second-order valence-corrected chi connectivity index (χ2v) is 6.31. The number of rotatable bonds is 5. The van der Waals surface area contributed by atoms with Gasteiger partial charge in [-0.3, -0.25) is 9.69 Å². The number of β-amino-alcohol motifs (C(OH)–C–C–N with tert-alkyl or cyclic N) is 1. The van der Waals surface area contributed by atoms with Crippen LogP contribution in [0.25, 0.3) is 0 Å². The van der Waals surface area contributed by atoms with Crippen LogP contribution in [0.15, 0.2) is 5.51 Å². The van der Waals surface area contributed by atoms with Crippen LogP contribution in [-0.2, 0) is 11.2 Å². The van der Waals surface area contributed by atoms with Gasteiger partial charge < -0.3 is 10.0 Å². The predicted octanol–water partition coefficient (Wildman–Crippen LogP) is 0.908. The van der Waals surface area contributed by atoms with Crippen molar-refractivity contribution in [2.24, 2.45) is 0 Å². The molecule has 1 N–H and O–H groups in total. The minimum absolute atomic E-state index is 0.0640. The number of carbonyl (C=O) groups is 1. The fourth-order valence-electron chi connectivity index (χ4n) is 2.59. The standard InChI is InChI=1S/C14H23N3O2S/c1-4-16(3)11-7-17(8-12(11)18)14(19)6-5-13-10(2)15-9-20-13/h9,11-12,18H,4-8H2,1-3H3/t11-,12-/m1/s1. The van der Waals surface area contributed by atoms with Gasteiger partial charge in [0.15, 0.2) is 0 Å². The Labute approximate surface area is 124 Å². The Morgan fingerprint density at radius 1 is 1.60 bits per heavy atom. The fourth-order valence-corrected chi connectivity index (χ4v) is 3.37. The maximum absolute atomic E-state index is 12.2. The molecule has 112 valence electrons. The first-order chi connectivity index (χ1) is 9.52. The highest BCUT2D eigenvalue weighted by atomic mass is 32.1. The molecule has 20 heavy (non-hydrogen) atoms. The summed E-state index contributed by atoms with van der Waals surface area (Å²) in [6, 6.07) is 0.0640. The van der Waals surface area contributed by atoms with Crippen molar-refractivity contribution in [3.63, 3.8) is 0 Å². The predicted molar refractivity (Wildman–Crippen MR) is 79.9 cm³/mol. The zero-order chi connectivity index (χ0) is 14.7. The van der Waals surface area contributed by atoms with Crippen molar-refractivity contribution < 1.29 is 9.90 Å². The van der Waals surface area contributed by atoms with Gasteiger partial charge in [-0.15, -0.1) is 11.3 Å². The van der Waals surface area contributed by atoms with Gasteiger partial charge in [-0.05, 0) is 26.9 Å². The Morgan fingerprint density at radius 3 is 2.95 bits per heavy atom. The van der Waals surface area contributed by atoms with Gasteiger partial charge >= 0.3 is 0 Å². The van der Waals surface area contributed by atoms with Gasteiger partial charge in [0, 0.05) is 24.4 Å². The molecular formula is C14H23N3O2S. The lowest BCUT2D eigenvalue weighted by Crippen LogP contribution is -2.40. The Kier molecular flexibility index (Phi) is 5.12. The van der Waals surface area contributed by atoms with Gasteiger partial charge in [-0.25, -0.2) is 4.98 Å². The average Bonchev–Trinajstić information content (AvgIpc) is 3.01. The molecule has 5 nitrogen and oxygen atoms in total. The Hall–Kier alpha value is -0.980. The molecule has 1 fully saturated rings. The van der Waals surface area contributed by atoms with Crippen molar-refractivity contribution in [2.45, 2.75) is 38.8 Å². The quantitative estimate of drug-likeness (QED) is 0.877. The number of nitrogens with zero attached hydrogens (tertiary/aromatic N) is 3. The lowest BCUT2D eigenvalue weighted by molar-refractivity contribution is -0.130. The lowest BCUT2D eigenvalue weighted by Gasteiger charge is -2.24. The number of hydrogen-bond donors (Lipinski definition) is 1. The molecule has 1 aromatic rings. The van der Waals surface area contributed by atoms with E-state index in [0.29, 0.717) is 19.5 Å². The number of aliphatic hydroxyl groups is 1. The molecule has 0 bridgehead atoms. The molecule has 1 aliphatic rings. The Morgan fingerprint density at radius 2 is 2.35 bits per heavy atom. The van der Waals surface area contributed by atoms with E-state index in [1.807, 2.05) is 19.5 Å². The highest BCUT2D eigenvalue weighted by molar-refractivity contribution is 7.09. The summed E-state index contributed by atoms with van der Waals surface area (Å²) in [5, 5.41) is 10.1. The number of likely N-dealkylation sites (tertiary alicyclic amines) is 1. The zero-order valence-electron chi connectivity index (χ0n) is 12.4. The Bertz CT molecular complexity index is 463. The van der Waals surface area contributed by atoms with Crippen LogP contribution in [0, 0.1) is 6.92 Å². The SMILES string of the molecule is CCN(C)[C@@H]1CN(C(=O)CCc2scnc2C)C[C@H]1O. The van der Waals surface area contributed by atoms with Crippen molar-refractivity contribution in [3.8, 4) is 0 Å². The number of carbonyl (C=O) groups excluding carboxylic acids is 1. The largest absolute Gasteiger partial charge is 0.390 e. The first-order valence-corrected chi connectivity index (χ1v) is 7.96. The van der Waals surface area contributed by atoms with Crippen LogP contribution >= 0.6 is 11.3 Å². The topological polar surface area (TPSA) is 56.7 Å². The molecule has 2 atom stereocenters. The van der Waals surface area contributed by atoms with E-state index in [2.05, 4.69) is 16.8 Å². The molecule has 0 saturated carbocycles. The van der Waals surface area contributed by atoms with E-state index in [1.165, 1.54) is 4.88 Å². The molecule has 0 aliphatic carbocycles. The second kappa shape index (κ2) is 6.65. The molecule has 0 unspecified atom stereocenters. The van der Waals surface area contributed by atoms with Crippen LogP contribution in [0.5, 0.6) is 0 Å². The number of aryl methyl sites for hydroxylation is 2. The summed E-state index contributed by atoms with van der Waals surface area (Å²) in [5.41, 5.74) is 2.84. The molecule has 0 spiro atoms. The van der Waals surface area contributed by atoms with Crippen molar-refractivity contribution in [1.82, 2.24) is 14.8 Å². The van der Waals surface area contributed by atoms with Gasteiger partial charge in [0.2, 0.25) is 5.91 Å². The zero-order valence-corrected chi connectivity index (χ0v) is 13.2. The highest BCUT2D eigenvalue weighted by Crippen LogP contribution is 2.19. The summed E-state index contributed by atoms with van der Waals surface area (Å²) < 4.78 is 0. The van der Waals surface area contributed by atoms with Crippen LogP contribution in [0.1, 0.15) is 23.9 Å². The van der Waals surface area contributed by atoms with Crippen molar-refractivity contribution >= 4 is 17.2 Å². The van der Waals surface area contributed by atoms with Crippen LogP contribution in [0.4, 0.5) is 0 Å². The van der Waals surface area contributed by atoms with E-state index >= 15 is 0 Å². The monoisotopic (exact) mass is 297 g/mol. The molecule has 1 aliphatic heterocycles. The molecule has 0 aromatic carbocycles. The van der Waals surface area contributed by atoms with Crippen LogP contribution < -0.4 is 0 Å². The third-order valence-corrected chi connectivity index (χ3v) is 5.08. The van der Waals surface area contributed by atoms with E-state index in [0.717, 1.165) is 18.7 Å². The normalized spacial score (nSPS) is 22.8. The summed E-state index contributed by atoms with van der Waals surface area (Å²) in [6.45, 7) is 6.00. The lowest BCUT2D eigenvalue weighted by atomic mass is 10.2. The van der Waals surface area contributed by atoms with E-state index in [9.17, 15) is 9.90 Å². The van der Waals surface area contributed by atoms with Gasteiger partial charge in [0.05, 0.1) is 23.4 Å². The van der Waals surface area contributed by atoms with Crippen LogP contribution in [0.3, 0.4) is 0 Å². The van der Waals surface area contributed by atoms with Gasteiger partial charge in [-0.2, -0.15) is 0 Å². The van der Waals surface area contributed by atoms with Crippen molar-refractivity contribution in [1.29, 1.82) is 0 Å². The van der Waals surface area contributed by atoms with Gasteiger partial charge in [-0.1, -0.05) is 6.92 Å². The van der Waals surface area contributed by atoms with E-state index in [1.54, 1.807) is 16.2 Å². The maximum atomic E-state index is 12.2. The van der Waals surface area contributed by atoms with Crippen molar-refractivity contribution in [3.05, 3.63) is 16.1 Å².